The van der Waals surface area contributed by atoms with E-state index in [1.807, 2.05) is 0 Å². The smallest absolute Gasteiger partial charge is 0.202 e. The normalized spacial score (nSPS) is 27.7. The Bertz CT molecular complexity index is 1530. The summed E-state index contributed by atoms with van der Waals surface area (Å²) in [6, 6.07) is 3.73. The molecule has 5 rings (SSSR count). The van der Waals surface area contributed by atoms with Gasteiger partial charge in [-0.15, -0.1) is 12.4 Å². The summed E-state index contributed by atoms with van der Waals surface area (Å²) < 4.78 is 17.3. The number of phenols is 2. The molecule has 0 radical (unpaired) electrons. The standard InChI is InChI=1S/C30H34N2O11.ClH/c1-13-25(35)16(31-12-32(2)3)8-20(42-13)43-18-10-30(40,19(34)11-33)9-15-22(18)29(39)24-23(27(15)37)26(36)14-6-5-7-17(41-4)21(14)28(24)38;/h5-7,12-13,16,18,20,25,33,35,37,39-40H,8-11H2,1-4H3;1H. The summed E-state index contributed by atoms with van der Waals surface area (Å²) in [7, 11) is 4.86. The molecule has 2 aromatic carbocycles. The largest absolute Gasteiger partial charge is 0.507 e. The number of aliphatic hydroxyl groups excluding tert-OH is 2. The number of ether oxygens (including phenoxy) is 3. The third-order valence-corrected chi connectivity index (χ3v) is 8.22. The second-order valence-electron chi connectivity index (χ2n) is 11.3. The van der Waals surface area contributed by atoms with E-state index < -0.39 is 95.7 Å². The molecule has 14 heteroatoms. The molecule has 6 unspecified atom stereocenters. The van der Waals surface area contributed by atoms with Crippen LogP contribution in [0.2, 0.25) is 0 Å². The molecular formula is C30H35ClN2O11. The summed E-state index contributed by atoms with van der Waals surface area (Å²) in [5.41, 5.74) is -3.63. The highest BCUT2D eigenvalue weighted by Crippen LogP contribution is 2.52. The molecule has 2 aromatic rings. The third kappa shape index (κ3) is 5.44. The second kappa shape index (κ2) is 12.4. The number of aromatic hydroxyl groups is 2. The first kappa shape index (κ1) is 33.3. The summed E-state index contributed by atoms with van der Waals surface area (Å²) in [5.74, 6) is -3.77. The van der Waals surface area contributed by atoms with Crippen LogP contribution >= 0.6 is 12.4 Å². The van der Waals surface area contributed by atoms with E-state index >= 15 is 0 Å². The first-order valence-electron chi connectivity index (χ1n) is 13.7. The molecule has 0 amide bonds. The van der Waals surface area contributed by atoms with Crippen LogP contribution in [0.3, 0.4) is 0 Å². The van der Waals surface area contributed by atoms with Crippen molar-refractivity contribution in [2.45, 2.75) is 62.4 Å². The molecule has 1 heterocycles. The highest BCUT2D eigenvalue weighted by Gasteiger charge is 2.50. The van der Waals surface area contributed by atoms with E-state index in [4.69, 9.17) is 14.2 Å². The van der Waals surface area contributed by atoms with Crippen molar-refractivity contribution in [1.29, 1.82) is 0 Å². The zero-order valence-corrected chi connectivity index (χ0v) is 25.3. The lowest BCUT2D eigenvalue weighted by Crippen LogP contribution is -2.50. The number of aliphatic imine (C=N–C) groups is 1. The van der Waals surface area contributed by atoms with Gasteiger partial charge in [0.25, 0.3) is 0 Å². The molecule has 0 aromatic heterocycles. The van der Waals surface area contributed by atoms with E-state index in [0.29, 0.717) is 0 Å². The van der Waals surface area contributed by atoms with Gasteiger partial charge in [0.15, 0.2) is 17.9 Å². The number of fused-ring (bicyclic) bond motifs is 3. The van der Waals surface area contributed by atoms with Crippen LogP contribution in [0.5, 0.6) is 17.2 Å². The summed E-state index contributed by atoms with van der Waals surface area (Å²) in [5, 5.41) is 54.7. The van der Waals surface area contributed by atoms with Crippen molar-refractivity contribution in [2.24, 2.45) is 4.99 Å². The molecule has 1 aliphatic heterocycles. The molecule has 238 valence electrons. The Morgan fingerprint density at radius 3 is 2.48 bits per heavy atom. The number of carbonyl (C=O) groups excluding carboxylic acids is 3. The number of hydrogen-bond donors (Lipinski definition) is 5. The molecule has 1 saturated heterocycles. The monoisotopic (exact) mass is 634 g/mol. The maximum absolute atomic E-state index is 13.8. The minimum Gasteiger partial charge on any atom is -0.507 e. The number of hydrogen-bond acceptors (Lipinski definition) is 12. The molecule has 2 aliphatic carbocycles. The summed E-state index contributed by atoms with van der Waals surface area (Å²) in [4.78, 5) is 46.2. The van der Waals surface area contributed by atoms with Gasteiger partial charge in [-0.2, -0.15) is 0 Å². The zero-order valence-electron chi connectivity index (χ0n) is 24.5. The number of rotatable bonds is 7. The number of phenolic OH excluding ortho intramolecular Hbond substituents is 2. The number of aliphatic hydroxyl groups is 3. The van der Waals surface area contributed by atoms with Crippen LogP contribution in [0.15, 0.2) is 23.2 Å². The number of ketones is 3. The van der Waals surface area contributed by atoms with Gasteiger partial charge in [0.2, 0.25) is 5.78 Å². The van der Waals surface area contributed by atoms with Crippen molar-refractivity contribution in [1.82, 2.24) is 4.90 Å². The van der Waals surface area contributed by atoms with Crippen LogP contribution < -0.4 is 4.74 Å². The van der Waals surface area contributed by atoms with Crippen molar-refractivity contribution in [3.63, 3.8) is 0 Å². The van der Waals surface area contributed by atoms with Crippen molar-refractivity contribution < 1.29 is 54.1 Å². The van der Waals surface area contributed by atoms with Gasteiger partial charge in [-0.25, -0.2) is 0 Å². The molecule has 0 saturated carbocycles. The predicted molar refractivity (Wildman–Crippen MR) is 157 cm³/mol. The number of halogens is 1. The van der Waals surface area contributed by atoms with Crippen LogP contribution in [0.4, 0.5) is 0 Å². The van der Waals surface area contributed by atoms with E-state index in [-0.39, 0.29) is 46.8 Å². The van der Waals surface area contributed by atoms with Gasteiger partial charge in [0.05, 0.1) is 48.4 Å². The van der Waals surface area contributed by atoms with Gasteiger partial charge in [-0.1, -0.05) is 12.1 Å². The quantitative estimate of drug-likeness (QED) is 0.141. The van der Waals surface area contributed by atoms with E-state index in [1.54, 1.807) is 25.9 Å². The Labute approximate surface area is 259 Å². The number of nitrogens with zero attached hydrogens (tertiary/aromatic N) is 2. The van der Waals surface area contributed by atoms with Crippen LogP contribution in [0.25, 0.3) is 0 Å². The number of carbonyl (C=O) groups is 3. The Morgan fingerprint density at radius 1 is 1.16 bits per heavy atom. The zero-order chi connectivity index (χ0) is 31.4. The number of benzene rings is 2. The van der Waals surface area contributed by atoms with E-state index in [0.717, 1.165) is 0 Å². The maximum Gasteiger partial charge on any atom is 0.202 e. The van der Waals surface area contributed by atoms with Crippen LogP contribution in [0.1, 0.15) is 68.8 Å². The average molecular weight is 635 g/mol. The predicted octanol–water partition coefficient (Wildman–Crippen LogP) is 1.05. The first-order chi connectivity index (χ1) is 20.3. The van der Waals surface area contributed by atoms with Gasteiger partial charge >= 0.3 is 0 Å². The van der Waals surface area contributed by atoms with Gasteiger partial charge in [-0.05, 0) is 13.0 Å². The van der Waals surface area contributed by atoms with Gasteiger partial charge in [0.1, 0.15) is 35.6 Å². The number of Topliss-reactive ketones (excluding diaryl/α,β-unsaturated/α-hetero) is 1. The summed E-state index contributed by atoms with van der Waals surface area (Å²) in [6.45, 7) is 0.596. The lowest BCUT2D eigenvalue weighted by atomic mass is 9.72. The summed E-state index contributed by atoms with van der Waals surface area (Å²) in [6.07, 6.45) is -3.59. The van der Waals surface area contributed by atoms with Gasteiger partial charge < -0.3 is 44.6 Å². The highest BCUT2D eigenvalue weighted by atomic mass is 35.5. The molecule has 44 heavy (non-hydrogen) atoms. The fourth-order valence-corrected chi connectivity index (χ4v) is 6.06. The SMILES string of the molecule is COc1cccc2c1C(=O)c1c(O)c3c(c(O)c1C2=O)CC(O)(C(=O)CO)CC3OC1CC(N=CN(C)C)C(O)C(C)O1.Cl. The molecule has 0 bridgehead atoms. The average Bonchev–Trinajstić information content (AvgIpc) is 2.97. The minimum absolute atomic E-state index is 0. The second-order valence-corrected chi connectivity index (χ2v) is 11.3. The Morgan fingerprint density at radius 2 is 1.84 bits per heavy atom. The van der Waals surface area contributed by atoms with Crippen LogP contribution in [-0.2, 0) is 20.7 Å². The first-order valence-corrected chi connectivity index (χ1v) is 13.7. The van der Waals surface area contributed by atoms with E-state index in [2.05, 4.69) is 4.99 Å². The highest BCUT2D eigenvalue weighted by molar-refractivity contribution is 6.31. The molecule has 6 atom stereocenters. The van der Waals surface area contributed by atoms with Crippen molar-refractivity contribution >= 4 is 36.1 Å². The summed E-state index contributed by atoms with van der Waals surface area (Å²) >= 11 is 0. The van der Waals surface area contributed by atoms with Gasteiger partial charge in [-0.3, -0.25) is 19.4 Å². The lowest BCUT2D eigenvalue weighted by molar-refractivity contribution is -0.247. The van der Waals surface area contributed by atoms with Gasteiger partial charge in [0, 0.05) is 50.0 Å². The lowest BCUT2D eigenvalue weighted by Gasteiger charge is -2.42. The molecule has 3 aliphatic rings. The van der Waals surface area contributed by atoms with E-state index in [1.165, 1.54) is 31.6 Å². The maximum atomic E-state index is 13.8. The van der Waals surface area contributed by atoms with Crippen LogP contribution in [-0.4, -0.2) is 112 Å². The van der Waals surface area contributed by atoms with Crippen molar-refractivity contribution in [3.05, 3.63) is 51.6 Å². The van der Waals surface area contributed by atoms with Crippen molar-refractivity contribution in [2.75, 3.05) is 27.8 Å². The molecule has 5 N–H and O–H groups in total. The molecule has 0 spiro atoms. The molecule has 13 nitrogen and oxygen atoms in total. The minimum atomic E-state index is -2.25. The van der Waals surface area contributed by atoms with E-state index in [9.17, 15) is 39.9 Å². The fraction of sp³-hybridized carbons (Fsp3) is 0.467. The topological polar surface area (TPSA) is 196 Å². The number of methoxy groups -OCH3 is 1. The fourth-order valence-electron chi connectivity index (χ4n) is 6.06. The molecular weight excluding hydrogens is 600 g/mol. The molecule has 1 fully saturated rings. The third-order valence-electron chi connectivity index (χ3n) is 8.22. The van der Waals surface area contributed by atoms with Crippen molar-refractivity contribution in [3.8, 4) is 17.2 Å². The van der Waals surface area contributed by atoms with Crippen LogP contribution in [0, 0.1) is 0 Å². The Kier molecular flexibility index (Phi) is 9.40. The Hall–Kier alpha value is -3.59. The Balaban J connectivity index is 0.00000442.